The zero-order valence-corrected chi connectivity index (χ0v) is 15.0. The number of aromatic hydroxyl groups is 1. The Morgan fingerprint density at radius 3 is 2.50 bits per heavy atom. The number of ether oxygens (including phenoxy) is 3. The van der Waals surface area contributed by atoms with Crippen LogP contribution in [0, 0.1) is 0 Å². The van der Waals surface area contributed by atoms with Crippen LogP contribution in [0.4, 0.5) is 0 Å². The molecule has 0 aliphatic heterocycles. The predicted octanol–water partition coefficient (Wildman–Crippen LogP) is 4.57. The van der Waals surface area contributed by atoms with Crippen LogP contribution in [0.25, 0.3) is 10.8 Å². The number of halogens is 1. The standard InChI is InChI=1S/C20H17ClO5/c1-24-19-17(21)14(10-16(18(19)22)20(23)25-2)11-26-15-8-7-12-5-3-4-6-13(12)9-15/h3-10,22H,11H2,1-2H3. The monoisotopic (exact) mass is 372 g/mol. The van der Waals surface area contributed by atoms with Crippen LogP contribution >= 0.6 is 11.6 Å². The number of esters is 1. The minimum Gasteiger partial charge on any atom is -0.504 e. The Kier molecular flexibility index (Phi) is 5.19. The van der Waals surface area contributed by atoms with Crippen LogP contribution in [0.3, 0.4) is 0 Å². The topological polar surface area (TPSA) is 65.0 Å². The molecule has 0 fully saturated rings. The van der Waals surface area contributed by atoms with Gasteiger partial charge in [0.2, 0.25) is 0 Å². The fraction of sp³-hybridized carbons (Fsp3) is 0.150. The molecule has 134 valence electrons. The van der Waals surface area contributed by atoms with Crippen molar-refractivity contribution in [1.82, 2.24) is 0 Å². The number of carbonyl (C=O) groups is 1. The lowest BCUT2D eigenvalue weighted by atomic mass is 10.1. The summed E-state index contributed by atoms with van der Waals surface area (Å²) in [6, 6.07) is 15.1. The highest BCUT2D eigenvalue weighted by atomic mass is 35.5. The molecular weight excluding hydrogens is 356 g/mol. The maximum atomic E-state index is 11.9. The fourth-order valence-electron chi connectivity index (χ4n) is 2.65. The van der Waals surface area contributed by atoms with E-state index in [0.717, 1.165) is 10.8 Å². The minimum absolute atomic E-state index is 0.00618. The summed E-state index contributed by atoms with van der Waals surface area (Å²) < 4.78 is 15.6. The Hall–Kier alpha value is -2.92. The molecule has 0 heterocycles. The van der Waals surface area contributed by atoms with E-state index in [0.29, 0.717) is 11.3 Å². The van der Waals surface area contributed by atoms with E-state index in [-0.39, 0.29) is 28.7 Å². The molecule has 0 saturated heterocycles. The summed E-state index contributed by atoms with van der Waals surface area (Å²) in [6.07, 6.45) is 0. The zero-order valence-electron chi connectivity index (χ0n) is 14.3. The summed E-state index contributed by atoms with van der Waals surface area (Å²) in [6.45, 7) is 0.0950. The van der Waals surface area contributed by atoms with Crippen molar-refractivity contribution in [3.63, 3.8) is 0 Å². The van der Waals surface area contributed by atoms with Crippen molar-refractivity contribution in [2.24, 2.45) is 0 Å². The Bertz CT molecular complexity index is 968. The van der Waals surface area contributed by atoms with Crippen molar-refractivity contribution in [1.29, 1.82) is 0 Å². The molecule has 0 atom stereocenters. The van der Waals surface area contributed by atoms with E-state index in [9.17, 15) is 9.90 Å². The highest BCUT2D eigenvalue weighted by molar-refractivity contribution is 6.33. The second-order valence-electron chi connectivity index (χ2n) is 5.57. The number of hydrogen-bond donors (Lipinski definition) is 1. The van der Waals surface area contributed by atoms with E-state index < -0.39 is 5.97 Å². The summed E-state index contributed by atoms with van der Waals surface area (Å²) in [7, 11) is 2.59. The van der Waals surface area contributed by atoms with E-state index >= 15 is 0 Å². The number of hydrogen-bond acceptors (Lipinski definition) is 5. The summed E-state index contributed by atoms with van der Waals surface area (Å²) in [5.41, 5.74) is 0.459. The van der Waals surface area contributed by atoms with Crippen LogP contribution in [0.15, 0.2) is 48.5 Å². The van der Waals surface area contributed by atoms with Gasteiger partial charge in [0.1, 0.15) is 17.9 Å². The van der Waals surface area contributed by atoms with Crippen molar-refractivity contribution in [2.45, 2.75) is 6.61 Å². The third-order valence-corrected chi connectivity index (χ3v) is 4.41. The molecule has 0 aliphatic rings. The number of phenolic OH excluding ortho intramolecular Hbond substituents is 1. The molecule has 0 bridgehead atoms. The summed E-state index contributed by atoms with van der Waals surface area (Å²) >= 11 is 6.28. The molecule has 0 saturated carbocycles. The van der Waals surface area contributed by atoms with E-state index in [2.05, 4.69) is 4.74 Å². The molecule has 0 amide bonds. The van der Waals surface area contributed by atoms with Gasteiger partial charge in [-0.25, -0.2) is 4.79 Å². The van der Waals surface area contributed by atoms with Gasteiger partial charge in [-0.05, 0) is 29.0 Å². The van der Waals surface area contributed by atoms with Crippen LogP contribution < -0.4 is 9.47 Å². The maximum absolute atomic E-state index is 11.9. The number of fused-ring (bicyclic) bond motifs is 1. The van der Waals surface area contributed by atoms with Crippen LogP contribution in [0.2, 0.25) is 5.02 Å². The lowest BCUT2D eigenvalue weighted by Crippen LogP contribution is -2.06. The van der Waals surface area contributed by atoms with Gasteiger partial charge in [0, 0.05) is 5.56 Å². The number of phenols is 1. The Balaban J connectivity index is 1.91. The first-order valence-corrected chi connectivity index (χ1v) is 8.21. The molecule has 26 heavy (non-hydrogen) atoms. The number of methoxy groups -OCH3 is 2. The Morgan fingerprint density at radius 2 is 1.81 bits per heavy atom. The molecule has 3 aromatic carbocycles. The zero-order chi connectivity index (χ0) is 18.7. The lowest BCUT2D eigenvalue weighted by molar-refractivity contribution is 0.0596. The van der Waals surface area contributed by atoms with E-state index in [4.69, 9.17) is 21.1 Å². The van der Waals surface area contributed by atoms with E-state index in [1.165, 1.54) is 20.3 Å². The molecule has 0 aromatic heterocycles. The second-order valence-corrected chi connectivity index (χ2v) is 5.95. The number of benzene rings is 3. The molecule has 3 rings (SSSR count). The Labute approximate surface area is 155 Å². The van der Waals surface area contributed by atoms with Gasteiger partial charge in [0.15, 0.2) is 11.5 Å². The first-order valence-electron chi connectivity index (χ1n) is 7.83. The normalized spacial score (nSPS) is 10.6. The summed E-state index contributed by atoms with van der Waals surface area (Å²) in [4.78, 5) is 11.9. The minimum atomic E-state index is -0.690. The first kappa shape index (κ1) is 17.9. The number of carbonyl (C=O) groups excluding carboxylic acids is 1. The van der Waals surface area contributed by atoms with Crippen LogP contribution in [-0.2, 0) is 11.3 Å². The van der Waals surface area contributed by atoms with Gasteiger partial charge >= 0.3 is 5.97 Å². The van der Waals surface area contributed by atoms with Crippen molar-refractivity contribution in [2.75, 3.05) is 14.2 Å². The second kappa shape index (κ2) is 7.54. The smallest absolute Gasteiger partial charge is 0.341 e. The molecule has 3 aromatic rings. The average Bonchev–Trinajstić information content (AvgIpc) is 2.67. The highest BCUT2D eigenvalue weighted by Crippen LogP contribution is 2.40. The molecule has 0 spiro atoms. The highest BCUT2D eigenvalue weighted by Gasteiger charge is 2.22. The maximum Gasteiger partial charge on any atom is 0.341 e. The van der Waals surface area contributed by atoms with Gasteiger partial charge in [-0.15, -0.1) is 0 Å². The largest absolute Gasteiger partial charge is 0.504 e. The first-order chi connectivity index (χ1) is 12.5. The molecule has 6 heteroatoms. The lowest BCUT2D eigenvalue weighted by Gasteiger charge is -2.14. The summed E-state index contributed by atoms with van der Waals surface area (Å²) in [5, 5.41) is 12.5. The third kappa shape index (κ3) is 3.39. The van der Waals surface area contributed by atoms with Gasteiger partial charge < -0.3 is 19.3 Å². The molecule has 5 nitrogen and oxygen atoms in total. The fourth-order valence-corrected chi connectivity index (χ4v) is 2.93. The van der Waals surface area contributed by atoms with Crippen LogP contribution in [0.5, 0.6) is 17.2 Å². The SMILES string of the molecule is COC(=O)c1cc(COc2ccc3ccccc3c2)c(Cl)c(OC)c1O. The third-order valence-electron chi connectivity index (χ3n) is 3.99. The summed E-state index contributed by atoms with van der Waals surface area (Å²) in [5.74, 6) is -0.388. The average molecular weight is 373 g/mol. The predicted molar refractivity (Wildman–Crippen MR) is 99.3 cm³/mol. The van der Waals surface area contributed by atoms with Crippen molar-refractivity contribution < 1.29 is 24.1 Å². The molecule has 1 N–H and O–H groups in total. The van der Waals surface area contributed by atoms with E-state index in [1.54, 1.807) is 0 Å². The molecular formula is C20H17ClO5. The molecule has 0 unspecified atom stereocenters. The van der Waals surface area contributed by atoms with Crippen LogP contribution in [0.1, 0.15) is 15.9 Å². The van der Waals surface area contributed by atoms with Crippen molar-refractivity contribution in [3.05, 3.63) is 64.7 Å². The molecule has 0 aliphatic carbocycles. The molecule has 0 radical (unpaired) electrons. The van der Waals surface area contributed by atoms with Crippen LogP contribution in [-0.4, -0.2) is 25.3 Å². The van der Waals surface area contributed by atoms with Gasteiger partial charge in [0.25, 0.3) is 0 Å². The van der Waals surface area contributed by atoms with Gasteiger partial charge in [-0.3, -0.25) is 0 Å². The van der Waals surface area contributed by atoms with Gasteiger partial charge in [0.05, 0.1) is 19.2 Å². The van der Waals surface area contributed by atoms with E-state index in [1.807, 2.05) is 42.5 Å². The quantitative estimate of drug-likeness (QED) is 0.664. The number of rotatable bonds is 5. The van der Waals surface area contributed by atoms with Gasteiger partial charge in [-0.1, -0.05) is 41.9 Å². The van der Waals surface area contributed by atoms with Crippen molar-refractivity contribution >= 4 is 28.3 Å². The van der Waals surface area contributed by atoms with Crippen molar-refractivity contribution in [3.8, 4) is 17.2 Å². The van der Waals surface area contributed by atoms with Gasteiger partial charge in [-0.2, -0.15) is 0 Å². The Morgan fingerprint density at radius 1 is 1.08 bits per heavy atom.